The summed E-state index contributed by atoms with van der Waals surface area (Å²) >= 11 is 0. The van der Waals surface area contributed by atoms with Gasteiger partial charge >= 0.3 is 0 Å². The number of likely N-dealkylation sites (N-methyl/N-ethyl adjacent to an activating group) is 1. The number of amides is 1. The van der Waals surface area contributed by atoms with E-state index in [9.17, 15) is 4.79 Å². The molecule has 0 radical (unpaired) electrons. The summed E-state index contributed by atoms with van der Waals surface area (Å²) in [4.78, 5) is 19.0. The second-order valence-electron chi connectivity index (χ2n) is 7.05. The van der Waals surface area contributed by atoms with Crippen molar-refractivity contribution in [2.24, 2.45) is 0 Å². The molecule has 0 N–H and O–H groups in total. The fraction of sp³-hybridized carbons (Fsp3) is 0.455. The molecule has 0 atom stereocenters. The van der Waals surface area contributed by atoms with E-state index in [1.807, 2.05) is 18.2 Å². The molecule has 2 aromatic rings. The minimum absolute atomic E-state index is 0.0819. The van der Waals surface area contributed by atoms with Crippen LogP contribution in [0, 0.1) is 0 Å². The smallest absolute Gasteiger partial charge is 0.259 e. The molecule has 28 heavy (non-hydrogen) atoms. The van der Waals surface area contributed by atoms with Crippen molar-refractivity contribution in [2.75, 3.05) is 27.8 Å². The Morgan fingerprint density at radius 1 is 1.14 bits per heavy atom. The Hall–Kier alpha value is -2.76. The van der Waals surface area contributed by atoms with Crippen molar-refractivity contribution in [1.29, 1.82) is 0 Å². The van der Waals surface area contributed by atoms with Crippen molar-refractivity contribution in [3.8, 4) is 17.4 Å². The molecule has 1 fully saturated rings. The molecular formula is C22H28N2O4. The zero-order valence-corrected chi connectivity index (χ0v) is 16.8. The van der Waals surface area contributed by atoms with Gasteiger partial charge in [0.2, 0.25) is 5.88 Å². The molecule has 6 nitrogen and oxygen atoms in total. The van der Waals surface area contributed by atoms with Crippen LogP contribution in [0.25, 0.3) is 0 Å². The average molecular weight is 384 g/mol. The normalized spacial score (nSPS) is 14.0. The molecule has 0 spiro atoms. The molecule has 150 valence electrons. The van der Waals surface area contributed by atoms with Gasteiger partial charge < -0.3 is 19.1 Å². The van der Waals surface area contributed by atoms with Crippen LogP contribution in [0.1, 0.15) is 41.6 Å². The van der Waals surface area contributed by atoms with Gasteiger partial charge in [-0.1, -0.05) is 6.07 Å². The minimum Gasteiger partial charge on any atom is -0.493 e. The molecule has 1 aromatic carbocycles. The summed E-state index contributed by atoms with van der Waals surface area (Å²) < 4.78 is 16.6. The molecule has 0 saturated heterocycles. The lowest BCUT2D eigenvalue weighted by Gasteiger charge is -2.20. The minimum atomic E-state index is -0.0819. The number of hydrogen-bond donors (Lipinski definition) is 0. The molecule has 0 bridgehead atoms. The lowest BCUT2D eigenvalue weighted by Crippen LogP contribution is -2.30. The lowest BCUT2D eigenvalue weighted by molar-refractivity contribution is 0.0787. The fourth-order valence-electron chi connectivity index (χ4n) is 3.45. The number of ether oxygens (including phenoxy) is 3. The van der Waals surface area contributed by atoms with Crippen LogP contribution in [0.5, 0.6) is 17.4 Å². The van der Waals surface area contributed by atoms with E-state index < -0.39 is 0 Å². The third-order valence-corrected chi connectivity index (χ3v) is 5.11. The summed E-state index contributed by atoms with van der Waals surface area (Å²) in [6.07, 6.45) is 6.95. The molecular weight excluding hydrogens is 356 g/mol. The Bertz CT molecular complexity index is 803. The van der Waals surface area contributed by atoms with Gasteiger partial charge in [-0.15, -0.1) is 0 Å². The van der Waals surface area contributed by atoms with Crippen LogP contribution in [0.3, 0.4) is 0 Å². The van der Waals surface area contributed by atoms with Gasteiger partial charge in [-0.3, -0.25) is 4.79 Å². The van der Waals surface area contributed by atoms with E-state index >= 15 is 0 Å². The first-order valence-corrected chi connectivity index (χ1v) is 9.70. The van der Waals surface area contributed by atoms with Crippen LogP contribution in [-0.4, -0.2) is 49.7 Å². The number of aromatic nitrogens is 1. The largest absolute Gasteiger partial charge is 0.493 e. The fourth-order valence-corrected chi connectivity index (χ4v) is 3.45. The molecule has 1 aliphatic rings. The van der Waals surface area contributed by atoms with Gasteiger partial charge in [-0.05, 0) is 61.9 Å². The highest BCUT2D eigenvalue weighted by Gasteiger charge is 2.22. The number of carbonyl (C=O) groups is 1. The average Bonchev–Trinajstić information content (AvgIpc) is 3.24. The topological polar surface area (TPSA) is 60.9 Å². The van der Waals surface area contributed by atoms with Crippen molar-refractivity contribution in [3.05, 3.63) is 47.7 Å². The van der Waals surface area contributed by atoms with E-state index in [-0.39, 0.29) is 12.0 Å². The van der Waals surface area contributed by atoms with Crippen LogP contribution < -0.4 is 14.2 Å². The van der Waals surface area contributed by atoms with Crippen molar-refractivity contribution in [1.82, 2.24) is 9.88 Å². The highest BCUT2D eigenvalue weighted by molar-refractivity contribution is 5.96. The standard InChI is InChI=1S/C22H28N2O4/c1-24(14-12-16-10-11-19(26-2)20(15-16)27-3)22(25)18-9-6-13-23-21(18)28-17-7-4-5-8-17/h6,9-11,13,15,17H,4-5,7-8,12,14H2,1-3H3. The Morgan fingerprint density at radius 3 is 2.61 bits per heavy atom. The number of methoxy groups -OCH3 is 2. The maximum atomic E-state index is 12.9. The Balaban J connectivity index is 1.65. The summed E-state index contributed by atoms with van der Waals surface area (Å²) in [6, 6.07) is 9.36. The van der Waals surface area contributed by atoms with Crippen LogP contribution in [0.2, 0.25) is 0 Å². The van der Waals surface area contributed by atoms with Crippen molar-refractivity contribution < 1.29 is 19.0 Å². The van der Waals surface area contributed by atoms with Gasteiger partial charge in [0, 0.05) is 19.8 Å². The molecule has 1 amide bonds. The van der Waals surface area contributed by atoms with Gasteiger partial charge in [0.15, 0.2) is 11.5 Å². The Morgan fingerprint density at radius 2 is 1.89 bits per heavy atom. The van der Waals surface area contributed by atoms with E-state index in [0.717, 1.165) is 18.4 Å². The third-order valence-electron chi connectivity index (χ3n) is 5.11. The van der Waals surface area contributed by atoms with Crippen molar-refractivity contribution in [2.45, 2.75) is 38.2 Å². The number of hydrogen-bond acceptors (Lipinski definition) is 5. The highest BCUT2D eigenvalue weighted by Crippen LogP contribution is 2.28. The van der Waals surface area contributed by atoms with E-state index in [4.69, 9.17) is 14.2 Å². The van der Waals surface area contributed by atoms with Gasteiger partial charge in [-0.25, -0.2) is 4.98 Å². The molecule has 1 aromatic heterocycles. The summed E-state index contributed by atoms with van der Waals surface area (Å²) in [5.74, 6) is 1.74. The number of carbonyl (C=O) groups excluding carboxylic acids is 1. The van der Waals surface area contributed by atoms with E-state index in [0.29, 0.717) is 35.9 Å². The number of pyridine rings is 1. The van der Waals surface area contributed by atoms with Crippen LogP contribution in [0.4, 0.5) is 0 Å². The van der Waals surface area contributed by atoms with Gasteiger partial charge in [0.05, 0.1) is 14.2 Å². The van der Waals surface area contributed by atoms with E-state index in [1.165, 1.54) is 12.8 Å². The third kappa shape index (κ3) is 4.74. The van der Waals surface area contributed by atoms with Crippen LogP contribution in [-0.2, 0) is 6.42 Å². The summed E-state index contributed by atoms with van der Waals surface area (Å²) in [5.41, 5.74) is 1.59. The maximum absolute atomic E-state index is 12.9. The van der Waals surface area contributed by atoms with Crippen molar-refractivity contribution in [3.63, 3.8) is 0 Å². The zero-order chi connectivity index (χ0) is 19.9. The van der Waals surface area contributed by atoms with Gasteiger partial charge in [0.1, 0.15) is 11.7 Å². The summed E-state index contributed by atoms with van der Waals surface area (Å²) in [7, 11) is 5.03. The Labute approximate surface area is 166 Å². The maximum Gasteiger partial charge on any atom is 0.259 e. The number of benzene rings is 1. The molecule has 1 saturated carbocycles. The molecule has 1 heterocycles. The SMILES string of the molecule is COc1ccc(CCN(C)C(=O)c2cccnc2OC2CCCC2)cc1OC. The molecule has 3 rings (SSSR count). The first-order valence-electron chi connectivity index (χ1n) is 9.70. The predicted octanol–water partition coefficient (Wildman–Crippen LogP) is 3.73. The quantitative estimate of drug-likeness (QED) is 0.694. The Kier molecular flexibility index (Phi) is 6.74. The summed E-state index contributed by atoms with van der Waals surface area (Å²) in [5, 5.41) is 0. The second kappa shape index (κ2) is 9.44. The van der Waals surface area contributed by atoms with Crippen LogP contribution in [0.15, 0.2) is 36.5 Å². The number of rotatable bonds is 8. The number of nitrogens with zero attached hydrogens (tertiary/aromatic N) is 2. The molecule has 1 aliphatic carbocycles. The molecule has 0 aliphatic heterocycles. The lowest BCUT2D eigenvalue weighted by atomic mass is 10.1. The van der Waals surface area contributed by atoms with E-state index in [2.05, 4.69) is 4.98 Å². The van der Waals surface area contributed by atoms with Gasteiger partial charge in [0.25, 0.3) is 5.91 Å². The molecule has 6 heteroatoms. The molecule has 0 unspecified atom stereocenters. The first kappa shape index (κ1) is 20.0. The predicted molar refractivity (Wildman–Crippen MR) is 107 cm³/mol. The van der Waals surface area contributed by atoms with E-state index in [1.54, 1.807) is 44.5 Å². The van der Waals surface area contributed by atoms with Crippen molar-refractivity contribution >= 4 is 5.91 Å². The summed E-state index contributed by atoms with van der Waals surface area (Å²) in [6.45, 7) is 0.575. The van der Waals surface area contributed by atoms with Crippen LogP contribution >= 0.6 is 0 Å². The first-order chi connectivity index (χ1) is 13.6. The monoisotopic (exact) mass is 384 g/mol. The van der Waals surface area contributed by atoms with Gasteiger partial charge in [-0.2, -0.15) is 0 Å². The zero-order valence-electron chi connectivity index (χ0n) is 16.8. The second-order valence-corrected chi connectivity index (χ2v) is 7.05. The highest BCUT2D eigenvalue weighted by atomic mass is 16.5.